The van der Waals surface area contributed by atoms with Gasteiger partial charge >= 0.3 is 6.03 Å². The highest BCUT2D eigenvalue weighted by Gasteiger charge is 2.14. The molecular formula is C18H19N3O4. The van der Waals surface area contributed by atoms with Gasteiger partial charge in [0.25, 0.3) is 0 Å². The molecule has 3 rings (SSSR count). The van der Waals surface area contributed by atoms with Crippen molar-refractivity contribution in [2.24, 2.45) is 0 Å². The van der Waals surface area contributed by atoms with Gasteiger partial charge in [0.1, 0.15) is 0 Å². The molecule has 1 aliphatic heterocycles. The van der Waals surface area contributed by atoms with E-state index in [1.165, 1.54) is 0 Å². The van der Waals surface area contributed by atoms with E-state index >= 15 is 0 Å². The average molecular weight is 341 g/mol. The van der Waals surface area contributed by atoms with Gasteiger partial charge in [-0.2, -0.15) is 0 Å². The van der Waals surface area contributed by atoms with Crippen molar-refractivity contribution in [1.82, 2.24) is 10.6 Å². The van der Waals surface area contributed by atoms with Crippen LogP contribution >= 0.6 is 0 Å². The summed E-state index contributed by atoms with van der Waals surface area (Å²) < 4.78 is 10.5. The molecule has 0 bridgehead atoms. The first-order valence-corrected chi connectivity index (χ1v) is 7.87. The highest BCUT2D eigenvalue weighted by molar-refractivity contribution is 5.94. The number of hydrogen-bond donors (Lipinski definition) is 3. The molecule has 0 saturated carbocycles. The fourth-order valence-corrected chi connectivity index (χ4v) is 2.29. The van der Waals surface area contributed by atoms with Gasteiger partial charge in [-0.3, -0.25) is 4.79 Å². The second-order valence-electron chi connectivity index (χ2n) is 5.64. The summed E-state index contributed by atoms with van der Waals surface area (Å²) in [6.45, 7) is 2.45. The van der Waals surface area contributed by atoms with Crippen LogP contribution in [0.15, 0.2) is 42.5 Å². The summed E-state index contributed by atoms with van der Waals surface area (Å²) in [5, 5.41) is 7.91. The molecule has 0 spiro atoms. The Morgan fingerprint density at radius 2 is 1.76 bits per heavy atom. The van der Waals surface area contributed by atoms with Crippen molar-refractivity contribution in [3.63, 3.8) is 0 Å². The molecule has 25 heavy (non-hydrogen) atoms. The third-order valence-electron chi connectivity index (χ3n) is 3.64. The number of ether oxygens (including phenoxy) is 2. The normalized spacial score (nSPS) is 11.7. The van der Waals surface area contributed by atoms with E-state index in [2.05, 4.69) is 16.0 Å². The van der Waals surface area contributed by atoms with E-state index in [-0.39, 0.29) is 19.2 Å². The molecule has 3 amide bonds. The molecule has 3 N–H and O–H groups in total. The Morgan fingerprint density at radius 1 is 1.00 bits per heavy atom. The highest BCUT2D eigenvalue weighted by atomic mass is 16.7. The summed E-state index contributed by atoms with van der Waals surface area (Å²) in [6.07, 6.45) is 0. The van der Waals surface area contributed by atoms with E-state index in [0.717, 1.165) is 11.1 Å². The van der Waals surface area contributed by atoms with Crippen molar-refractivity contribution in [3.05, 3.63) is 53.6 Å². The Kier molecular flexibility index (Phi) is 5.03. The van der Waals surface area contributed by atoms with E-state index in [9.17, 15) is 9.59 Å². The van der Waals surface area contributed by atoms with Crippen LogP contribution in [-0.2, 0) is 11.3 Å². The van der Waals surface area contributed by atoms with Crippen LogP contribution in [0.3, 0.4) is 0 Å². The molecule has 0 unspecified atom stereocenters. The van der Waals surface area contributed by atoms with Gasteiger partial charge < -0.3 is 25.4 Å². The minimum absolute atomic E-state index is 0.131. The van der Waals surface area contributed by atoms with Crippen molar-refractivity contribution in [2.75, 3.05) is 18.7 Å². The quantitative estimate of drug-likeness (QED) is 0.777. The van der Waals surface area contributed by atoms with Gasteiger partial charge in [0, 0.05) is 18.3 Å². The Hall–Kier alpha value is -3.22. The number of amides is 3. The summed E-state index contributed by atoms with van der Waals surface area (Å²) in [7, 11) is 0. The zero-order chi connectivity index (χ0) is 17.6. The lowest BCUT2D eigenvalue weighted by atomic mass is 10.1. The predicted octanol–water partition coefficient (Wildman–Crippen LogP) is 2.16. The second kappa shape index (κ2) is 7.57. The topological polar surface area (TPSA) is 88.7 Å². The molecule has 0 atom stereocenters. The van der Waals surface area contributed by atoms with Crippen LogP contribution < -0.4 is 25.4 Å². The SMILES string of the molecule is Cc1ccc(CNC(=O)NCC(=O)Nc2ccc3c(c2)OCO3)cc1. The molecule has 0 aliphatic carbocycles. The van der Waals surface area contributed by atoms with Crippen molar-refractivity contribution in [3.8, 4) is 11.5 Å². The van der Waals surface area contributed by atoms with Gasteiger partial charge in [-0.05, 0) is 24.6 Å². The standard InChI is InChI=1S/C18H19N3O4/c1-12-2-4-13(5-3-12)9-19-18(23)20-10-17(22)21-14-6-7-15-16(8-14)25-11-24-15/h2-8H,9-11H2,1H3,(H,21,22)(H2,19,20,23). The number of urea groups is 1. The summed E-state index contributed by atoms with van der Waals surface area (Å²) in [6, 6.07) is 12.6. The molecule has 7 nitrogen and oxygen atoms in total. The molecule has 0 fully saturated rings. The van der Waals surface area contributed by atoms with Crippen LogP contribution in [0, 0.1) is 6.92 Å². The maximum Gasteiger partial charge on any atom is 0.315 e. The van der Waals surface area contributed by atoms with Crippen LogP contribution in [0.1, 0.15) is 11.1 Å². The number of carbonyl (C=O) groups excluding carboxylic acids is 2. The van der Waals surface area contributed by atoms with Crippen molar-refractivity contribution in [1.29, 1.82) is 0 Å². The third kappa shape index (κ3) is 4.63. The number of nitrogens with one attached hydrogen (secondary N) is 3. The van der Waals surface area contributed by atoms with Crippen molar-refractivity contribution >= 4 is 17.6 Å². The minimum atomic E-state index is -0.401. The summed E-state index contributed by atoms with van der Waals surface area (Å²) >= 11 is 0. The smallest absolute Gasteiger partial charge is 0.315 e. The van der Waals surface area contributed by atoms with Gasteiger partial charge in [-0.1, -0.05) is 29.8 Å². The zero-order valence-electron chi connectivity index (χ0n) is 13.8. The molecule has 0 radical (unpaired) electrons. The summed E-state index contributed by atoms with van der Waals surface area (Å²) in [4.78, 5) is 23.7. The van der Waals surface area contributed by atoms with Crippen molar-refractivity contribution < 1.29 is 19.1 Å². The first-order valence-electron chi connectivity index (χ1n) is 7.87. The van der Waals surface area contributed by atoms with Gasteiger partial charge in [0.15, 0.2) is 11.5 Å². The molecule has 1 aliphatic rings. The lowest BCUT2D eigenvalue weighted by Gasteiger charge is -2.09. The number of aryl methyl sites for hydroxylation is 1. The van der Waals surface area contributed by atoms with Crippen LogP contribution in [-0.4, -0.2) is 25.3 Å². The molecule has 2 aromatic carbocycles. The first kappa shape index (κ1) is 16.6. The van der Waals surface area contributed by atoms with E-state index in [1.807, 2.05) is 31.2 Å². The van der Waals surface area contributed by atoms with Gasteiger partial charge in [-0.25, -0.2) is 4.79 Å². The molecule has 1 heterocycles. The largest absolute Gasteiger partial charge is 0.454 e. The van der Waals surface area contributed by atoms with Crippen molar-refractivity contribution in [2.45, 2.75) is 13.5 Å². The van der Waals surface area contributed by atoms with Crippen LogP contribution in [0.25, 0.3) is 0 Å². The molecule has 0 saturated heterocycles. The first-order chi connectivity index (χ1) is 12.1. The zero-order valence-corrected chi connectivity index (χ0v) is 13.8. The van der Waals surface area contributed by atoms with E-state index < -0.39 is 6.03 Å². The van der Waals surface area contributed by atoms with E-state index in [4.69, 9.17) is 9.47 Å². The molecule has 130 valence electrons. The Morgan fingerprint density at radius 3 is 2.56 bits per heavy atom. The van der Waals surface area contributed by atoms with Gasteiger partial charge in [-0.15, -0.1) is 0 Å². The fourth-order valence-electron chi connectivity index (χ4n) is 2.29. The Balaban J connectivity index is 1.41. The lowest BCUT2D eigenvalue weighted by Crippen LogP contribution is -2.39. The number of carbonyl (C=O) groups is 2. The highest BCUT2D eigenvalue weighted by Crippen LogP contribution is 2.34. The number of anilines is 1. The third-order valence-corrected chi connectivity index (χ3v) is 3.64. The molecule has 2 aromatic rings. The number of benzene rings is 2. The predicted molar refractivity (Wildman–Crippen MR) is 92.6 cm³/mol. The maximum absolute atomic E-state index is 11.9. The molecular weight excluding hydrogens is 322 g/mol. The average Bonchev–Trinajstić information content (AvgIpc) is 3.07. The van der Waals surface area contributed by atoms with E-state index in [1.54, 1.807) is 18.2 Å². The lowest BCUT2D eigenvalue weighted by molar-refractivity contribution is -0.115. The number of hydrogen-bond acceptors (Lipinski definition) is 4. The second-order valence-corrected chi connectivity index (χ2v) is 5.64. The van der Waals surface area contributed by atoms with Gasteiger partial charge in [0.05, 0.1) is 6.54 Å². The summed E-state index contributed by atoms with van der Waals surface area (Å²) in [5.41, 5.74) is 2.73. The molecule has 0 aromatic heterocycles. The van der Waals surface area contributed by atoms with Crippen LogP contribution in [0.4, 0.5) is 10.5 Å². The van der Waals surface area contributed by atoms with Gasteiger partial charge in [0.2, 0.25) is 12.7 Å². The van der Waals surface area contributed by atoms with Crippen LogP contribution in [0.2, 0.25) is 0 Å². The maximum atomic E-state index is 11.9. The minimum Gasteiger partial charge on any atom is -0.454 e. The fraction of sp³-hybridized carbons (Fsp3) is 0.222. The monoisotopic (exact) mass is 341 g/mol. The summed E-state index contributed by atoms with van der Waals surface area (Å²) in [5.74, 6) is 0.901. The number of fused-ring (bicyclic) bond motifs is 1. The Labute approximate surface area is 145 Å². The van der Waals surface area contributed by atoms with E-state index in [0.29, 0.717) is 23.7 Å². The Bertz CT molecular complexity index is 774. The number of rotatable bonds is 5. The molecule has 7 heteroatoms. The van der Waals surface area contributed by atoms with Crippen LogP contribution in [0.5, 0.6) is 11.5 Å².